The number of rotatable bonds is 2. The van der Waals surface area contributed by atoms with E-state index in [4.69, 9.17) is 5.73 Å². The third kappa shape index (κ3) is 3.10. The van der Waals surface area contributed by atoms with Crippen molar-refractivity contribution in [1.29, 1.82) is 0 Å². The molecule has 0 heterocycles. The van der Waals surface area contributed by atoms with Crippen LogP contribution in [0.3, 0.4) is 0 Å². The lowest BCUT2D eigenvalue weighted by Crippen LogP contribution is -2.38. The summed E-state index contributed by atoms with van der Waals surface area (Å²) in [5.74, 6) is -0.348. The maximum absolute atomic E-state index is 13.6. The topological polar surface area (TPSA) is 52.3 Å². The van der Waals surface area contributed by atoms with Gasteiger partial charge in [0.25, 0.3) is 0 Å². The number of ether oxygens (including phenoxy) is 1. The van der Waals surface area contributed by atoms with Gasteiger partial charge < -0.3 is 10.5 Å². The summed E-state index contributed by atoms with van der Waals surface area (Å²) < 4.78 is 18.2. The molecule has 0 aromatic heterocycles. The number of alkyl halides is 1. The van der Waals surface area contributed by atoms with Gasteiger partial charge in [-0.05, 0) is 25.7 Å². The van der Waals surface area contributed by atoms with Gasteiger partial charge in [0.15, 0.2) is 0 Å². The fraction of sp³-hybridized carbons (Fsp3) is 0.889. The Morgan fingerprint density at radius 2 is 2.07 bits per heavy atom. The van der Waals surface area contributed by atoms with Crippen molar-refractivity contribution in [2.45, 2.75) is 31.4 Å². The minimum absolute atomic E-state index is 0. The molecule has 84 valence electrons. The van der Waals surface area contributed by atoms with Gasteiger partial charge in [-0.25, -0.2) is 4.39 Å². The van der Waals surface area contributed by atoms with E-state index >= 15 is 0 Å². The van der Waals surface area contributed by atoms with Crippen LogP contribution in [-0.2, 0) is 9.53 Å². The van der Waals surface area contributed by atoms with Crippen LogP contribution < -0.4 is 5.73 Å². The average molecular weight is 226 g/mol. The molecule has 1 fully saturated rings. The number of esters is 1. The zero-order valence-electron chi connectivity index (χ0n) is 8.29. The maximum Gasteiger partial charge on any atom is 0.308 e. The van der Waals surface area contributed by atoms with Crippen LogP contribution in [0.15, 0.2) is 0 Å². The number of nitrogens with two attached hydrogens (primary N) is 1. The predicted octanol–water partition coefficient (Wildman–Crippen LogP) is 1.44. The second-order valence-corrected chi connectivity index (χ2v) is 3.65. The molecular formula is C9H17ClFNO2. The van der Waals surface area contributed by atoms with Gasteiger partial charge in [0.1, 0.15) is 5.67 Å². The van der Waals surface area contributed by atoms with Gasteiger partial charge in [-0.2, -0.15) is 0 Å². The molecule has 0 radical (unpaired) electrons. The molecule has 2 N–H and O–H groups in total. The van der Waals surface area contributed by atoms with E-state index in [1.807, 2.05) is 0 Å². The Kier molecular flexibility index (Phi) is 5.37. The van der Waals surface area contributed by atoms with Crippen molar-refractivity contribution in [1.82, 2.24) is 0 Å². The van der Waals surface area contributed by atoms with Crippen LogP contribution in [0.2, 0.25) is 0 Å². The Hall–Kier alpha value is -0.350. The molecule has 0 aromatic rings. The van der Waals surface area contributed by atoms with Gasteiger partial charge in [-0.15, -0.1) is 12.4 Å². The molecule has 0 bridgehead atoms. The van der Waals surface area contributed by atoms with E-state index in [0.29, 0.717) is 25.7 Å². The normalized spacial score (nSPS) is 31.8. The summed E-state index contributed by atoms with van der Waals surface area (Å²) in [5.41, 5.74) is 4.05. The fourth-order valence-electron chi connectivity index (χ4n) is 1.74. The molecule has 0 aliphatic heterocycles. The molecule has 14 heavy (non-hydrogen) atoms. The highest BCUT2D eigenvalue weighted by molar-refractivity contribution is 5.85. The van der Waals surface area contributed by atoms with Gasteiger partial charge in [0, 0.05) is 6.54 Å². The van der Waals surface area contributed by atoms with Crippen molar-refractivity contribution in [3.8, 4) is 0 Å². The zero-order chi connectivity index (χ0) is 9.90. The Balaban J connectivity index is 0.00000169. The molecule has 0 amide bonds. The summed E-state index contributed by atoms with van der Waals surface area (Å²) in [4.78, 5) is 11.1. The highest BCUT2D eigenvalue weighted by Gasteiger charge is 2.36. The largest absolute Gasteiger partial charge is 0.469 e. The molecule has 0 atom stereocenters. The lowest BCUT2D eigenvalue weighted by Gasteiger charge is -2.31. The summed E-state index contributed by atoms with van der Waals surface area (Å²) in [6.45, 7) is 0.0564. The van der Waals surface area contributed by atoms with Gasteiger partial charge in [0.2, 0.25) is 0 Å². The number of hydrogen-bond donors (Lipinski definition) is 1. The Morgan fingerprint density at radius 3 is 2.43 bits per heavy atom. The van der Waals surface area contributed by atoms with E-state index in [2.05, 4.69) is 4.74 Å². The van der Waals surface area contributed by atoms with Crippen molar-refractivity contribution in [2.24, 2.45) is 11.7 Å². The SMILES string of the molecule is COC(=O)C1CCC(F)(CN)CC1.Cl. The summed E-state index contributed by atoms with van der Waals surface area (Å²) >= 11 is 0. The minimum atomic E-state index is -1.25. The Bertz CT molecular complexity index is 193. The van der Waals surface area contributed by atoms with E-state index in [-0.39, 0.29) is 30.8 Å². The maximum atomic E-state index is 13.6. The molecule has 1 aliphatic carbocycles. The molecule has 3 nitrogen and oxygen atoms in total. The highest BCUT2D eigenvalue weighted by atomic mass is 35.5. The third-order valence-corrected chi connectivity index (χ3v) is 2.78. The van der Waals surface area contributed by atoms with Crippen molar-refractivity contribution in [3.05, 3.63) is 0 Å². The van der Waals surface area contributed by atoms with Gasteiger partial charge in [0.05, 0.1) is 13.0 Å². The lowest BCUT2D eigenvalue weighted by atomic mass is 9.80. The van der Waals surface area contributed by atoms with E-state index in [9.17, 15) is 9.18 Å². The third-order valence-electron chi connectivity index (χ3n) is 2.78. The predicted molar refractivity (Wildman–Crippen MR) is 54.1 cm³/mol. The molecule has 0 unspecified atom stereocenters. The van der Waals surface area contributed by atoms with E-state index < -0.39 is 5.67 Å². The van der Waals surface area contributed by atoms with Crippen LogP contribution in [0.5, 0.6) is 0 Å². The van der Waals surface area contributed by atoms with Crippen molar-refractivity contribution in [3.63, 3.8) is 0 Å². The molecule has 0 saturated heterocycles. The fourth-order valence-corrected chi connectivity index (χ4v) is 1.74. The van der Waals surface area contributed by atoms with E-state index in [0.717, 1.165) is 0 Å². The molecule has 0 aromatic carbocycles. The van der Waals surface area contributed by atoms with Gasteiger partial charge >= 0.3 is 5.97 Å². The summed E-state index contributed by atoms with van der Waals surface area (Å²) in [6, 6.07) is 0. The highest BCUT2D eigenvalue weighted by Crippen LogP contribution is 2.34. The minimum Gasteiger partial charge on any atom is -0.469 e. The van der Waals surface area contributed by atoms with Crippen LogP contribution >= 0.6 is 12.4 Å². The van der Waals surface area contributed by atoms with E-state index in [1.165, 1.54) is 7.11 Å². The van der Waals surface area contributed by atoms with E-state index in [1.54, 1.807) is 0 Å². The van der Waals surface area contributed by atoms with Crippen LogP contribution in [0.25, 0.3) is 0 Å². The van der Waals surface area contributed by atoms with Crippen LogP contribution in [0.4, 0.5) is 4.39 Å². The second kappa shape index (κ2) is 5.51. The van der Waals surface area contributed by atoms with Crippen molar-refractivity contribution in [2.75, 3.05) is 13.7 Å². The summed E-state index contributed by atoms with van der Waals surface area (Å²) in [5, 5.41) is 0. The second-order valence-electron chi connectivity index (χ2n) is 3.65. The smallest absolute Gasteiger partial charge is 0.308 e. The van der Waals surface area contributed by atoms with Crippen molar-refractivity contribution < 1.29 is 13.9 Å². The number of carbonyl (C=O) groups excluding carboxylic acids is 1. The Morgan fingerprint density at radius 1 is 1.57 bits per heavy atom. The van der Waals surface area contributed by atoms with Crippen molar-refractivity contribution >= 4 is 18.4 Å². The quantitative estimate of drug-likeness (QED) is 0.724. The summed E-state index contributed by atoms with van der Waals surface area (Å²) in [7, 11) is 1.36. The number of hydrogen-bond acceptors (Lipinski definition) is 3. The van der Waals surface area contributed by atoms with Crippen LogP contribution in [0, 0.1) is 5.92 Å². The molecule has 1 rings (SSSR count). The zero-order valence-corrected chi connectivity index (χ0v) is 9.11. The summed E-state index contributed by atoms with van der Waals surface area (Å²) in [6.07, 6.45) is 1.87. The number of carbonyl (C=O) groups is 1. The molecule has 5 heteroatoms. The monoisotopic (exact) mass is 225 g/mol. The first-order valence-electron chi connectivity index (χ1n) is 4.58. The first kappa shape index (κ1) is 13.7. The number of methoxy groups -OCH3 is 1. The molecule has 1 aliphatic rings. The van der Waals surface area contributed by atoms with Gasteiger partial charge in [-0.1, -0.05) is 0 Å². The Labute approximate surface area is 89.6 Å². The van der Waals surface area contributed by atoms with Crippen LogP contribution in [-0.4, -0.2) is 25.3 Å². The molecule has 0 spiro atoms. The molecule has 1 saturated carbocycles. The lowest BCUT2D eigenvalue weighted by molar-refractivity contribution is -0.147. The van der Waals surface area contributed by atoms with Gasteiger partial charge in [-0.3, -0.25) is 4.79 Å². The average Bonchev–Trinajstić information content (AvgIpc) is 2.18. The first-order chi connectivity index (χ1) is 6.11. The first-order valence-corrected chi connectivity index (χ1v) is 4.58. The standard InChI is InChI=1S/C9H16FNO2.ClH/c1-13-8(12)7-2-4-9(10,6-11)5-3-7;/h7H,2-6,11H2,1H3;1H. The number of halogens is 2. The molecular weight excluding hydrogens is 209 g/mol. The van der Waals surface area contributed by atoms with Crippen LogP contribution in [0.1, 0.15) is 25.7 Å².